The van der Waals surface area contributed by atoms with E-state index in [-0.39, 0.29) is 24.5 Å². The standard InChI is InChI=1S/C13H19FN2O3/c1-16(9-13(18)3-6-19-7-4-13)12-11(14)10(8-17)2-5-15-12/h2,5,17-18H,3-4,6-9H2,1H3. The number of pyridine rings is 1. The van der Waals surface area contributed by atoms with Crippen LogP contribution >= 0.6 is 0 Å². The minimum atomic E-state index is -0.879. The van der Waals surface area contributed by atoms with Crippen molar-refractivity contribution in [3.05, 3.63) is 23.6 Å². The van der Waals surface area contributed by atoms with Gasteiger partial charge in [-0.1, -0.05) is 0 Å². The van der Waals surface area contributed by atoms with Gasteiger partial charge in [0.2, 0.25) is 0 Å². The fraction of sp³-hybridized carbons (Fsp3) is 0.615. The highest BCUT2D eigenvalue weighted by molar-refractivity contribution is 5.42. The summed E-state index contributed by atoms with van der Waals surface area (Å²) >= 11 is 0. The summed E-state index contributed by atoms with van der Waals surface area (Å²) in [7, 11) is 1.68. The third-order valence-electron chi connectivity index (χ3n) is 3.44. The number of ether oxygens (including phenoxy) is 1. The van der Waals surface area contributed by atoms with Crippen LogP contribution in [0.2, 0.25) is 0 Å². The zero-order chi connectivity index (χ0) is 13.9. The molecule has 1 saturated heterocycles. The molecule has 0 unspecified atom stereocenters. The average molecular weight is 270 g/mol. The van der Waals surface area contributed by atoms with Crippen molar-refractivity contribution in [2.75, 3.05) is 31.7 Å². The number of nitrogens with zero attached hydrogens (tertiary/aromatic N) is 2. The van der Waals surface area contributed by atoms with Gasteiger partial charge in [-0.2, -0.15) is 0 Å². The van der Waals surface area contributed by atoms with E-state index in [0.29, 0.717) is 26.1 Å². The molecule has 0 amide bonds. The van der Waals surface area contributed by atoms with Crippen LogP contribution in [0.4, 0.5) is 10.2 Å². The molecule has 0 radical (unpaired) electrons. The first-order valence-electron chi connectivity index (χ1n) is 6.31. The van der Waals surface area contributed by atoms with E-state index in [1.807, 2.05) is 0 Å². The van der Waals surface area contributed by atoms with Crippen molar-refractivity contribution in [1.29, 1.82) is 0 Å². The van der Waals surface area contributed by atoms with Crippen LogP contribution in [0.1, 0.15) is 18.4 Å². The summed E-state index contributed by atoms with van der Waals surface area (Å²) in [5.41, 5.74) is -0.674. The van der Waals surface area contributed by atoms with Crippen molar-refractivity contribution in [1.82, 2.24) is 4.98 Å². The van der Waals surface area contributed by atoms with E-state index >= 15 is 0 Å². The summed E-state index contributed by atoms with van der Waals surface area (Å²) in [5.74, 6) is -0.394. The smallest absolute Gasteiger partial charge is 0.171 e. The molecule has 0 aliphatic carbocycles. The lowest BCUT2D eigenvalue weighted by Crippen LogP contribution is -2.46. The van der Waals surface area contributed by atoms with Gasteiger partial charge in [0.15, 0.2) is 11.6 Å². The van der Waals surface area contributed by atoms with Crippen molar-refractivity contribution in [3.63, 3.8) is 0 Å². The van der Waals surface area contributed by atoms with Crippen molar-refractivity contribution < 1.29 is 19.3 Å². The first kappa shape index (κ1) is 14.2. The third kappa shape index (κ3) is 3.20. The van der Waals surface area contributed by atoms with Crippen LogP contribution < -0.4 is 4.90 Å². The molecule has 1 aliphatic heterocycles. The number of hydrogen-bond donors (Lipinski definition) is 2. The second-order valence-corrected chi connectivity index (χ2v) is 4.96. The molecule has 6 heteroatoms. The molecule has 106 valence electrons. The largest absolute Gasteiger partial charge is 0.392 e. The minimum absolute atomic E-state index is 0.145. The lowest BCUT2D eigenvalue weighted by Gasteiger charge is -2.35. The summed E-state index contributed by atoms with van der Waals surface area (Å²) in [4.78, 5) is 5.56. The lowest BCUT2D eigenvalue weighted by molar-refractivity contribution is -0.0573. The van der Waals surface area contributed by atoms with Crippen LogP contribution in [-0.2, 0) is 11.3 Å². The Hall–Kier alpha value is -1.24. The lowest BCUT2D eigenvalue weighted by atomic mass is 9.94. The molecule has 1 aromatic heterocycles. The quantitative estimate of drug-likeness (QED) is 0.842. The highest BCUT2D eigenvalue weighted by atomic mass is 19.1. The van der Waals surface area contributed by atoms with E-state index in [0.717, 1.165) is 0 Å². The molecule has 5 nitrogen and oxygen atoms in total. The van der Waals surface area contributed by atoms with Crippen LogP contribution in [0.15, 0.2) is 12.3 Å². The second kappa shape index (κ2) is 5.81. The van der Waals surface area contributed by atoms with Crippen LogP contribution in [0.3, 0.4) is 0 Å². The topological polar surface area (TPSA) is 65.8 Å². The van der Waals surface area contributed by atoms with E-state index in [1.54, 1.807) is 11.9 Å². The first-order valence-corrected chi connectivity index (χ1v) is 6.31. The van der Waals surface area contributed by atoms with Crippen molar-refractivity contribution >= 4 is 5.82 Å². The van der Waals surface area contributed by atoms with Gasteiger partial charge in [0.05, 0.1) is 12.2 Å². The fourth-order valence-corrected chi connectivity index (χ4v) is 2.29. The van der Waals surface area contributed by atoms with Gasteiger partial charge in [-0.05, 0) is 6.07 Å². The predicted octanol–water partition coefficient (Wildman–Crippen LogP) is 0.691. The summed E-state index contributed by atoms with van der Waals surface area (Å²) in [6.45, 7) is 0.941. The summed E-state index contributed by atoms with van der Waals surface area (Å²) < 4.78 is 19.2. The molecule has 0 atom stereocenters. The van der Waals surface area contributed by atoms with Gasteiger partial charge in [-0.3, -0.25) is 0 Å². The van der Waals surface area contributed by atoms with Crippen LogP contribution in [0.25, 0.3) is 0 Å². The summed E-state index contributed by atoms with van der Waals surface area (Å²) in [6, 6.07) is 1.44. The predicted molar refractivity (Wildman–Crippen MR) is 68.4 cm³/mol. The Kier molecular flexibility index (Phi) is 4.34. The van der Waals surface area contributed by atoms with E-state index in [1.165, 1.54) is 12.3 Å². The number of hydrogen-bond acceptors (Lipinski definition) is 5. The van der Waals surface area contributed by atoms with Gasteiger partial charge in [0.1, 0.15) is 0 Å². The van der Waals surface area contributed by atoms with Crippen LogP contribution in [0, 0.1) is 5.82 Å². The Balaban J connectivity index is 2.13. The molecule has 1 fully saturated rings. The number of anilines is 1. The molecular weight excluding hydrogens is 251 g/mol. The maximum atomic E-state index is 14.0. The highest BCUT2D eigenvalue weighted by Crippen LogP contribution is 2.25. The molecule has 0 spiro atoms. The molecule has 1 aromatic rings. The van der Waals surface area contributed by atoms with Gasteiger partial charge in [-0.25, -0.2) is 9.37 Å². The Bertz CT molecular complexity index is 436. The van der Waals surface area contributed by atoms with E-state index in [9.17, 15) is 9.50 Å². The summed E-state index contributed by atoms with van der Waals surface area (Å²) in [5, 5.41) is 19.4. The second-order valence-electron chi connectivity index (χ2n) is 4.96. The Morgan fingerprint density at radius 1 is 1.47 bits per heavy atom. The Morgan fingerprint density at radius 3 is 2.79 bits per heavy atom. The van der Waals surface area contributed by atoms with Gasteiger partial charge >= 0.3 is 0 Å². The zero-order valence-corrected chi connectivity index (χ0v) is 11.0. The Morgan fingerprint density at radius 2 is 2.16 bits per heavy atom. The van der Waals surface area contributed by atoms with Gasteiger partial charge in [0.25, 0.3) is 0 Å². The molecule has 2 N–H and O–H groups in total. The maximum Gasteiger partial charge on any atom is 0.171 e. The monoisotopic (exact) mass is 270 g/mol. The molecule has 0 saturated carbocycles. The van der Waals surface area contributed by atoms with Crippen molar-refractivity contribution in [3.8, 4) is 0 Å². The highest BCUT2D eigenvalue weighted by Gasteiger charge is 2.32. The normalized spacial score (nSPS) is 18.3. The third-order valence-corrected chi connectivity index (χ3v) is 3.44. The number of likely N-dealkylation sites (N-methyl/N-ethyl adjacent to an activating group) is 1. The number of aromatic nitrogens is 1. The number of aliphatic hydroxyl groups excluding tert-OH is 1. The van der Waals surface area contributed by atoms with Gasteiger partial charge < -0.3 is 19.8 Å². The number of aliphatic hydroxyl groups is 2. The minimum Gasteiger partial charge on any atom is -0.392 e. The van der Waals surface area contributed by atoms with Gasteiger partial charge in [0, 0.05) is 51.4 Å². The summed E-state index contributed by atoms with van der Waals surface area (Å²) in [6.07, 6.45) is 2.51. The van der Waals surface area contributed by atoms with Crippen molar-refractivity contribution in [2.45, 2.75) is 25.0 Å². The van der Waals surface area contributed by atoms with E-state index in [2.05, 4.69) is 4.98 Å². The Labute approximate surface area is 111 Å². The number of halogens is 1. The molecule has 1 aliphatic rings. The average Bonchev–Trinajstić information content (AvgIpc) is 2.39. The van der Waals surface area contributed by atoms with Crippen LogP contribution in [0.5, 0.6) is 0 Å². The molecule has 0 bridgehead atoms. The van der Waals surface area contributed by atoms with E-state index < -0.39 is 11.4 Å². The van der Waals surface area contributed by atoms with E-state index in [4.69, 9.17) is 9.84 Å². The van der Waals surface area contributed by atoms with Crippen LogP contribution in [-0.4, -0.2) is 47.6 Å². The number of rotatable bonds is 4. The molecular formula is C13H19FN2O3. The molecule has 19 heavy (non-hydrogen) atoms. The first-order chi connectivity index (χ1) is 9.06. The SMILES string of the molecule is CN(CC1(O)CCOCC1)c1nccc(CO)c1F. The molecule has 2 heterocycles. The maximum absolute atomic E-state index is 14.0. The zero-order valence-electron chi connectivity index (χ0n) is 11.0. The van der Waals surface area contributed by atoms with Gasteiger partial charge in [-0.15, -0.1) is 0 Å². The molecule has 2 rings (SSSR count). The van der Waals surface area contributed by atoms with Crippen molar-refractivity contribution in [2.24, 2.45) is 0 Å². The molecule has 0 aromatic carbocycles. The fourth-order valence-electron chi connectivity index (χ4n) is 2.29.